The van der Waals surface area contributed by atoms with Crippen molar-refractivity contribution in [2.75, 3.05) is 30.8 Å². The minimum absolute atomic E-state index is 0.104. The van der Waals surface area contributed by atoms with E-state index in [0.29, 0.717) is 10.7 Å². The monoisotopic (exact) mass is 457 g/mol. The van der Waals surface area contributed by atoms with Crippen LogP contribution in [0.3, 0.4) is 0 Å². The highest BCUT2D eigenvalue weighted by Gasteiger charge is 2.29. The maximum absolute atomic E-state index is 12.9. The molecule has 154 valence electrons. The van der Waals surface area contributed by atoms with E-state index in [9.17, 15) is 18.0 Å². The molecular weight excluding hydrogens is 441 g/mol. The maximum atomic E-state index is 12.9. The summed E-state index contributed by atoms with van der Waals surface area (Å²) in [5, 5.41) is 5.53. The molecule has 2 N–H and O–H groups in total. The van der Waals surface area contributed by atoms with Crippen molar-refractivity contribution in [2.45, 2.75) is 11.8 Å². The third kappa shape index (κ3) is 4.64. The third-order valence-corrected chi connectivity index (χ3v) is 6.70. The molecule has 0 unspecified atom stereocenters. The summed E-state index contributed by atoms with van der Waals surface area (Å²) >= 11 is 12.0. The van der Waals surface area contributed by atoms with Gasteiger partial charge in [-0.1, -0.05) is 29.3 Å². The highest BCUT2D eigenvalue weighted by atomic mass is 35.5. The van der Waals surface area contributed by atoms with E-state index in [0.717, 1.165) is 9.87 Å². The number of hydrogen-bond acceptors (Lipinski definition) is 5. The summed E-state index contributed by atoms with van der Waals surface area (Å²) in [4.78, 5) is 23.5. The molecule has 0 spiro atoms. The van der Waals surface area contributed by atoms with Crippen molar-refractivity contribution in [1.29, 1.82) is 0 Å². The smallest absolute Gasteiger partial charge is 0.262 e. The molecule has 11 heteroatoms. The predicted octanol–water partition coefficient (Wildman–Crippen LogP) is 2.89. The van der Waals surface area contributed by atoms with Crippen molar-refractivity contribution in [2.24, 2.45) is 0 Å². The molecule has 1 aliphatic rings. The number of halogens is 2. The van der Waals surface area contributed by atoms with Gasteiger partial charge in [-0.15, -0.1) is 0 Å². The summed E-state index contributed by atoms with van der Waals surface area (Å²) in [6.45, 7) is 1.11. The zero-order valence-corrected chi connectivity index (χ0v) is 17.8. The van der Waals surface area contributed by atoms with E-state index in [2.05, 4.69) is 10.6 Å². The number of hydrogen-bond donors (Lipinski definition) is 2. The van der Waals surface area contributed by atoms with Crippen LogP contribution in [0.25, 0.3) is 0 Å². The van der Waals surface area contributed by atoms with Crippen LogP contribution in [0.2, 0.25) is 10.0 Å². The molecule has 3 rings (SSSR count). The van der Waals surface area contributed by atoms with E-state index in [1.54, 1.807) is 25.1 Å². The number of carbonyl (C=O) groups excluding carboxylic acids is 2. The van der Waals surface area contributed by atoms with Crippen LogP contribution in [-0.4, -0.2) is 44.7 Å². The van der Waals surface area contributed by atoms with Crippen LogP contribution in [-0.2, 0) is 19.6 Å². The molecule has 0 fully saturated rings. The third-order valence-electron chi connectivity index (χ3n) is 4.20. The van der Waals surface area contributed by atoms with Crippen LogP contribution >= 0.6 is 23.2 Å². The first-order valence-corrected chi connectivity index (χ1v) is 10.6. The lowest BCUT2D eigenvalue weighted by Gasteiger charge is -2.22. The summed E-state index contributed by atoms with van der Waals surface area (Å²) in [6, 6.07) is 7.52. The number of sulfonamides is 1. The Morgan fingerprint density at radius 1 is 1.28 bits per heavy atom. The van der Waals surface area contributed by atoms with Crippen molar-refractivity contribution in [1.82, 2.24) is 4.31 Å². The molecule has 0 aromatic heterocycles. The van der Waals surface area contributed by atoms with E-state index < -0.39 is 22.5 Å². The van der Waals surface area contributed by atoms with Gasteiger partial charge in [-0.3, -0.25) is 9.59 Å². The molecule has 1 aliphatic heterocycles. The van der Waals surface area contributed by atoms with Crippen LogP contribution < -0.4 is 15.4 Å². The number of nitrogens with one attached hydrogen (secondary N) is 2. The van der Waals surface area contributed by atoms with Gasteiger partial charge in [-0.2, -0.15) is 4.31 Å². The first kappa shape index (κ1) is 21.4. The lowest BCUT2D eigenvalue weighted by molar-refractivity contribution is -0.118. The highest BCUT2D eigenvalue weighted by molar-refractivity contribution is 7.89. The Labute approximate surface area is 177 Å². The summed E-state index contributed by atoms with van der Waals surface area (Å²) in [7, 11) is -2.84. The average Bonchev–Trinajstić information content (AvgIpc) is 2.63. The topological polar surface area (TPSA) is 105 Å². The normalized spacial score (nSPS) is 13.5. The fourth-order valence-electron chi connectivity index (χ4n) is 2.65. The molecule has 2 aromatic rings. The van der Waals surface area contributed by atoms with Crippen molar-refractivity contribution in [3.8, 4) is 5.75 Å². The molecule has 0 saturated carbocycles. The van der Waals surface area contributed by atoms with Gasteiger partial charge in [-0.25, -0.2) is 8.42 Å². The second kappa shape index (κ2) is 8.19. The Morgan fingerprint density at radius 3 is 2.72 bits per heavy atom. The minimum atomic E-state index is -4.10. The van der Waals surface area contributed by atoms with Crippen LogP contribution in [0.4, 0.5) is 11.4 Å². The molecule has 0 bridgehead atoms. The van der Waals surface area contributed by atoms with Gasteiger partial charge in [0, 0.05) is 23.8 Å². The summed E-state index contributed by atoms with van der Waals surface area (Å²) < 4.78 is 31.9. The molecule has 0 atom stereocenters. The number of ether oxygens (including phenoxy) is 1. The average molecular weight is 458 g/mol. The summed E-state index contributed by atoms with van der Waals surface area (Å²) in [5.74, 6) is -0.728. The quantitative estimate of drug-likeness (QED) is 0.717. The van der Waals surface area contributed by atoms with E-state index >= 15 is 0 Å². The van der Waals surface area contributed by atoms with E-state index in [-0.39, 0.29) is 33.9 Å². The molecule has 0 saturated heterocycles. The number of carbonyl (C=O) groups is 2. The number of aryl methyl sites for hydroxylation is 1. The summed E-state index contributed by atoms with van der Waals surface area (Å²) in [6.07, 6.45) is 0. The molecular formula is C18H17Cl2N3O5S. The first-order valence-electron chi connectivity index (χ1n) is 8.36. The standard InChI is InChI=1S/C18H17Cl2N3O5S/c1-10-3-4-11(19)5-13(10)21-17(24)8-23(2)29(26,27)16-7-15-14(6-12(16)20)22-18(25)9-28-15/h3-7H,8-9H2,1-2H3,(H,21,24)(H,22,25). The number of amides is 2. The molecule has 2 amide bonds. The Morgan fingerprint density at radius 2 is 2.00 bits per heavy atom. The second-order valence-electron chi connectivity index (χ2n) is 6.38. The lowest BCUT2D eigenvalue weighted by atomic mass is 10.2. The number of nitrogens with zero attached hydrogens (tertiary/aromatic N) is 1. The largest absolute Gasteiger partial charge is 0.482 e. The van der Waals surface area contributed by atoms with Crippen molar-refractivity contribution >= 4 is 56.4 Å². The fraction of sp³-hybridized carbons (Fsp3) is 0.222. The van der Waals surface area contributed by atoms with Crippen LogP contribution in [0.5, 0.6) is 5.75 Å². The Kier molecular flexibility index (Phi) is 6.04. The van der Waals surface area contributed by atoms with Gasteiger partial charge < -0.3 is 15.4 Å². The van der Waals surface area contributed by atoms with Crippen LogP contribution in [0, 0.1) is 6.92 Å². The molecule has 8 nitrogen and oxygen atoms in total. The van der Waals surface area contributed by atoms with Gasteiger partial charge in [-0.05, 0) is 30.7 Å². The van der Waals surface area contributed by atoms with Gasteiger partial charge in [0.2, 0.25) is 15.9 Å². The number of rotatable bonds is 5. The minimum Gasteiger partial charge on any atom is -0.482 e. The Balaban J connectivity index is 1.79. The SMILES string of the molecule is Cc1ccc(Cl)cc1NC(=O)CN(C)S(=O)(=O)c1cc2c(cc1Cl)NC(=O)CO2. The fourth-order valence-corrected chi connectivity index (χ4v) is 4.47. The van der Waals surface area contributed by atoms with E-state index in [1.165, 1.54) is 19.2 Å². The molecule has 1 heterocycles. The molecule has 2 aromatic carbocycles. The highest BCUT2D eigenvalue weighted by Crippen LogP contribution is 2.36. The maximum Gasteiger partial charge on any atom is 0.262 e. The van der Waals surface area contributed by atoms with E-state index in [1.807, 2.05) is 0 Å². The molecule has 0 aliphatic carbocycles. The number of benzene rings is 2. The Hall–Kier alpha value is -2.33. The van der Waals surface area contributed by atoms with E-state index in [4.69, 9.17) is 27.9 Å². The second-order valence-corrected chi connectivity index (χ2v) is 9.24. The van der Waals surface area contributed by atoms with Crippen molar-refractivity contribution in [3.63, 3.8) is 0 Å². The van der Waals surface area contributed by atoms with Gasteiger partial charge >= 0.3 is 0 Å². The van der Waals surface area contributed by atoms with Gasteiger partial charge in [0.1, 0.15) is 10.6 Å². The van der Waals surface area contributed by atoms with Crippen LogP contribution in [0.15, 0.2) is 35.2 Å². The number of anilines is 2. The predicted molar refractivity (Wildman–Crippen MR) is 110 cm³/mol. The number of fused-ring (bicyclic) bond motifs is 1. The van der Waals surface area contributed by atoms with Crippen LogP contribution in [0.1, 0.15) is 5.56 Å². The molecule has 0 radical (unpaired) electrons. The zero-order chi connectivity index (χ0) is 21.3. The first-order chi connectivity index (χ1) is 13.6. The van der Waals surface area contributed by atoms with Crippen molar-refractivity contribution < 1.29 is 22.7 Å². The van der Waals surface area contributed by atoms with Crippen molar-refractivity contribution in [3.05, 3.63) is 45.9 Å². The zero-order valence-electron chi connectivity index (χ0n) is 15.5. The number of likely N-dealkylation sites (N-methyl/N-ethyl adjacent to an activating group) is 1. The summed E-state index contributed by atoms with van der Waals surface area (Å²) in [5.41, 5.74) is 1.55. The van der Waals surface area contributed by atoms with Gasteiger partial charge in [0.15, 0.2) is 6.61 Å². The van der Waals surface area contributed by atoms with Gasteiger partial charge in [0.05, 0.1) is 17.3 Å². The lowest BCUT2D eigenvalue weighted by Crippen LogP contribution is -2.35. The molecule has 29 heavy (non-hydrogen) atoms. The van der Waals surface area contributed by atoms with Gasteiger partial charge in [0.25, 0.3) is 5.91 Å². The Bertz CT molecular complexity index is 1100.